The van der Waals surface area contributed by atoms with Crippen LogP contribution in [0.5, 0.6) is 0 Å². The first-order valence-electron chi connectivity index (χ1n) is 32.6. The summed E-state index contributed by atoms with van der Waals surface area (Å²) in [6.07, 6.45) is 5.09. The molecule has 0 aliphatic carbocycles. The number of nitrogens with one attached hydrogen (secondary N) is 1. The van der Waals surface area contributed by atoms with E-state index in [1.54, 1.807) is 24.5 Å². The SMILES string of the molecule is CC(C)N1C(=O)OCC1(C)C.CC(C)N1CC(C)(C)OC1=O.CC(C)N1CCCC1=O.CC(C)N1CCCCC1=O.CC(C)N1CCCOC1=O.CC(C)N1CCN(C)C1=O.CC(C)N1CCNC1=O.CC(C)N1CCOC1=O.CC(C)N1CCOCC1=O. The average molecular weight is 1270 g/mol. The molecule has 9 heterocycles. The van der Waals surface area contributed by atoms with Crippen molar-refractivity contribution < 1.29 is 66.8 Å². The Morgan fingerprint density at radius 1 is 0.393 bits per heavy atom. The topological polar surface area (TPSA) is 244 Å². The minimum atomic E-state index is -0.304. The van der Waals surface area contributed by atoms with Gasteiger partial charge in [-0.05, 0) is 178 Å². The van der Waals surface area contributed by atoms with E-state index in [0.29, 0.717) is 75.0 Å². The lowest BCUT2D eigenvalue weighted by molar-refractivity contribution is -0.144. The van der Waals surface area contributed by atoms with Crippen molar-refractivity contribution in [1.29, 1.82) is 0 Å². The van der Waals surface area contributed by atoms with E-state index in [9.17, 15) is 43.2 Å². The highest BCUT2D eigenvalue weighted by atomic mass is 16.6. The fourth-order valence-corrected chi connectivity index (χ4v) is 10.4. The standard InChI is InChI=1S/2C8H15NO2.C8H15NO.C7H14N2O.2C7H13NO2.C7H13NO.C6H12N2O.C6H11NO2/c1-6(2)9-7(10)11-5-8(9,3)4;1-6(2)9-5-8(3,4)11-7(9)10;1-7(2)9-6-4-3-5-8(9)10;1-6(2)9-5-4-8(3)7(9)10;1-6(2)8-3-4-10-5-7(8)9;1-6(2)8-4-3-5-10-7(8)9;1-6(2)8-5-3-4-7(8)9;1-5(2)8-4-3-7-6(8)9;1-5(2)7-3-4-9-6(7)8/h2*6H,5H2,1-4H3;7H,3-6H2,1-2H3;6H,4-5H2,1-3H3;2*6H,3-5H2,1-2H3;6H,3-5H2,1-2H3;5H,3-4H2,1-2H3,(H,7,9);5H,3-4H2,1-2H3. The van der Waals surface area contributed by atoms with Crippen LogP contribution in [0.15, 0.2) is 0 Å². The maximum atomic E-state index is 11.2. The number of morpholine rings is 1. The summed E-state index contributed by atoms with van der Waals surface area (Å²) < 4.78 is 24.6. The van der Waals surface area contributed by atoms with Crippen molar-refractivity contribution in [1.82, 2.24) is 54.3 Å². The highest BCUT2D eigenvalue weighted by Gasteiger charge is 2.41. The van der Waals surface area contributed by atoms with Gasteiger partial charge in [0, 0.05) is 127 Å². The number of rotatable bonds is 9. The van der Waals surface area contributed by atoms with Crippen LogP contribution >= 0.6 is 0 Å². The van der Waals surface area contributed by atoms with E-state index in [-0.39, 0.29) is 84.3 Å². The fraction of sp³-hybridized carbons (Fsp3) is 0.859. The number of amides is 11. The molecule has 9 rings (SSSR count). The number of urea groups is 2. The second-order valence-electron chi connectivity index (χ2n) is 27.0. The number of nitrogens with zero attached hydrogens (tertiary/aromatic N) is 10. The summed E-state index contributed by atoms with van der Waals surface area (Å²) in [4.78, 5) is 117. The van der Waals surface area contributed by atoms with Crippen molar-refractivity contribution in [2.75, 3.05) is 106 Å². The second kappa shape index (κ2) is 39.3. The molecule has 9 aliphatic rings. The molecular formula is C64H121N11O14. The Kier molecular flexibility index (Phi) is 35.8. The van der Waals surface area contributed by atoms with E-state index < -0.39 is 0 Å². The number of hydrogen-bond acceptors (Lipinski definition) is 14. The molecule has 25 nitrogen and oxygen atoms in total. The van der Waals surface area contributed by atoms with Gasteiger partial charge in [0.15, 0.2) is 0 Å². The zero-order valence-corrected chi connectivity index (χ0v) is 59.2. The van der Waals surface area contributed by atoms with Gasteiger partial charge in [-0.3, -0.25) is 19.3 Å². The van der Waals surface area contributed by atoms with Crippen LogP contribution in [0.3, 0.4) is 0 Å². The van der Waals surface area contributed by atoms with E-state index in [1.807, 2.05) is 156 Å². The molecule has 89 heavy (non-hydrogen) atoms. The zero-order chi connectivity index (χ0) is 68.3. The summed E-state index contributed by atoms with van der Waals surface area (Å²) in [5.41, 5.74) is -0.438. The molecule has 0 aromatic rings. The van der Waals surface area contributed by atoms with Crippen LogP contribution in [0.4, 0.5) is 28.8 Å². The number of ether oxygens (including phenoxy) is 5. The minimum Gasteiger partial charge on any atom is -0.449 e. The van der Waals surface area contributed by atoms with Gasteiger partial charge < -0.3 is 73.1 Å². The first-order chi connectivity index (χ1) is 41.3. The number of carbonyl (C=O) groups is 9. The Morgan fingerprint density at radius 3 is 1.11 bits per heavy atom. The van der Waals surface area contributed by atoms with Gasteiger partial charge in [0.2, 0.25) is 17.7 Å². The Bertz CT molecular complexity index is 2050. The molecule has 0 aromatic heterocycles. The second-order valence-corrected chi connectivity index (χ2v) is 27.0. The van der Waals surface area contributed by atoms with Crippen LogP contribution in [0.2, 0.25) is 0 Å². The third-order valence-corrected chi connectivity index (χ3v) is 15.5. The minimum absolute atomic E-state index is 0.0741. The van der Waals surface area contributed by atoms with Gasteiger partial charge in [0.1, 0.15) is 25.4 Å². The van der Waals surface area contributed by atoms with Gasteiger partial charge >= 0.3 is 36.4 Å². The molecule has 25 heteroatoms. The maximum absolute atomic E-state index is 11.2. The van der Waals surface area contributed by atoms with E-state index in [0.717, 1.165) is 91.0 Å². The van der Waals surface area contributed by atoms with Crippen molar-refractivity contribution in [3.63, 3.8) is 0 Å². The molecule has 9 saturated heterocycles. The Hall–Kier alpha value is -6.01. The van der Waals surface area contributed by atoms with Gasteiger partial charge in [-0.1, -0.05) is 0 Å². The number of cyclic esters (lactones) is 4. The lowest BCUT2D eigenvalue weighted by Crippen LogP contribution is -2.46. The third kappa shape index (κ3) is 28.4. The molecule has 11 amide bonds. The van der Waals surface area contributed by atoms with Crippen LogP contribution in [0.25, 0.3) is 0 Å². The van der Waals surface area contributed by atoms with Crippen molar-refractivity contribution in [3.8, 4) is 0 Å². The summed E-state index contributed by atoms with van der Waals surface area (Å²) in [6.45, 7) is 55.2. The van der Waals surface area contributed by atoms with Crippen molar-refractivity contribution in [2.24, 2.45) is 0 Å². The normalized spacial score (nSPS) is 20.4. The molecule has 0 saturated carbocycles. The largest absolute Gasteiger partial charge is 0.449 e. The van der Waals surface area contributed by atoms with Crippen molar-refractivity contribution in [2.45, 2.75) is 256 Å². The van der Waals surface area contributed by atoms with Crippen LogP contribution in [0.1, 0.15) is 191 Å². The molecule has 0 spiro atoms. The highest BCUT2D eigenvalue weighted by molar-refractivity contribution is 5.79. The fourth-order valence-electron chi connectivity index (χ4n) is 10.4. The predicted molar refractivity (Wildman–Crippen MR) is 345 cm³/mol. The molecular weight excluding hydrogens is 1150 g/mol. The van der Waals surface area contributed by atoms with Crippen LogP contribution < -0.4 is 5.32 Å². The lowest BCUT2D eigenvalue weighted by Gasteiger charge is -2.31. The molecule has 1 N–H and O–H groups in total. The van der Waals surface area contributed by atoms with Crippen LogP contribution in [-0.4, -0.2) is 274 Å². The van der Waals surface area contributed by atoms with E-state index in [1.165, 1.54) is 6.42 Å². The van der Waals surface area contributed by atoms with Crippen molar-refractivity contribution in [3.05, 3.63) is 0 Å². The Balaban J connectivity index is 0.000000501. The molecule has 516 valence electrons. The molecule has 0 bridgehead atoms. The summed E-state index contributed by atoms with van der Waals surface area (Å²) in [6, 6.07) is 3.05. The molecule has 9 fully saturated rings. The number of piperidine rings is 1. The predicted octanol–water partition coefficient (Wildman–Crippen LogP) is 9.20. The van der Waals surface area contributed by atoms with Gasteiger partial charge in [-0.2, -0.15) is 0 Å². The monoisotopic (exact) mass is 1270 g/mol. The quantitative estimate of drug-likeness (QED) is 0.212. The van der Waals surface area contributed by atoms with Crippen LogP contribution in [0, 0.1) is 0 Å². The Morgan fingerprint density at radius 2 is 0.843 bits per heavy atom. The number of likely N-dealkylation sites (N-methyl/N-ethyl adjacent to an activating group) is 1. The lowest BCUT2D eigenvalue weighted by atomic mass is 10.0. The summed E-state index contributed by atoms with van der Waals surface area (Å²) in [5.74, 6) is 0.771. The molecule has 0 radical (unpaired) electrons. The molecule has 0 aromatic carbocycles. The zero-order valence-electron chi connectivity index (χ0n) is 59.2. The van der Waals surface area contributed by atoms with Gasteiger partial charge in [0.25, 0.3) is 0 Å². The first-order valence-corrected chi connectivity index (χ1v) is 32.6. The summed E-state index contributed by atoms with van der Waals surface area (Å²) in [7, 11) is 1.84. The smallest absolute Gasteiger partial charge is 0.410 e. The summed E-state index contributed by atoms with van der Waals surface area (Å²) >= 11 is 0. The third-order valence-electron chi connectivity index (χ3n) is 15.5. The van der Waals surface area contributed by atoms with Gasteiger partial charge in [-0.15, -0.1) is 0 Å². The highest BCUT2D eigenvalue weighted by Crippen LogP contribution is 2.26. The first kappa shape index (κ1) is 81.0. The number of likely N-dealkylation sites (tertiary alicyclic amines) is 2. The van der Waals surface area contributed by atoms with Gasteiger partial charge in [-0.25, -0.2) is 28.8 Å². The average Bonchev–Trinajstić information content (AvgIpc) is 4.22. The van der Waals surface area contributed by atoms with Crippen LogP contribution in [-0.2, 0) is 38.1 Å². The molecule has 0 unspecified atom stereocenters. The van der Waals surface area contributed by atoms with E-state index in [4.69, 9.17) is 23.7 Å². The number of carbonyl (C=O) groups excluding carboxylic acids is 9. The van der Waals surface area contributed by atoms with Gasteiger partial charge in [0.05, 0.1) is 31.8 Å². The molecule has 9 aliphatic heterocycles. The maximum Gasteiger partial charge on any atom is 0.410 e. The molecule has 0 atom stereocenters. The van der Waals surface area contributed by atoms with E-state index in [2.05, 4.69) is 33.0 Å². The Labute approximate surface area is 535 Å². The summed E-state index contributed by atoms with van der Waals surface area (Å²) in [5, 5.41) is 2.74. The van der Waals surface area contributed by atoms with Crippen molar-refractivity contribution >= 4 is 54.2 Å². The number of hydrogen-bond donors (Lipinski definition) is 1. The van der Waals surface area contributed by atoms with E-state index >= 15 is 0 Å².